The number of nitrogens with one attached hydrogen (secondary N) is 1. The molecule has 0 spiro atoms. The molecule has 2 aliphatic rings. The third-order valence-electron chi connectivity index (χ3n) is 4.93. The minimum atomic E-state index is -0.00287. The Labute approximate surface area is 145 Å². The number of nitrogens with zero attached hydrogens (tertiary/aromatic N) is 2. The van der Waals surface area contributed by atoms with Crippen molar-refractivity contribution in [2.45, 2.75) is 51.2 Å². The van der Waals surface area contributed by atoms with E-state index in [2.05, 4.69) is 17.1 Å². The molecule has 132 valence electrons. The van der Waals surface area contributed by atoms with Crippen LogP contribution in [0.3, 0.4) is 0 Å². The van der Waals surface area contributed by atoms with Crippen LogP contribution in [0.15, 0.2) is 18.2 Å². The lowest BCUT2D eigenvalue weighted by atomic mass is 10.1. The fraction of sp³-hybridized carbons (Fsp3) is 0.632. The van der Waals surface area contributed by atoms with Crippen LogP contribution in [0, 0.1) is 0 Å². The maximum absolute atomic E-state index is 12.2. The second kappa shape index (κ2) is 7.01. The van der Waals surface area contributed by atoms with E-state index in [1.54, 1.807) is 19.0 Å². The van der Waals surface area contributed by atoms with Crippen LogP contribution in [0.5, 0.6) is 5.75 Å². The number of hydrogen-bond acceptors (Lipinski definition) is 4. The predicted octanol–water partition coefficient (Wildman–Crippen LogP) is 2.82. The van der Waals surface area contributed by atoms with Gasteiger partial charge >= 0.3 is 0 Å². The topological polar surface area (TPSA) is 44.8 Å². The Morgan fingerprint density at radius 1 is 1.38 bits per heavy atom. The van der Waals surface area contributed by atoms with Crippen LogP contribution in [0.1, 0.15) is 43.5 Å². The average Bonchev–Trinajstić information content (AvgIpc) is 3.32. The maximum atomic E-state index is 12.2. The van der Waals surface area contributed by atoms with E-state index in [1.807, 2.05) is 25.1 Å². The Kier molecular flexibility index (Phi) is 4.99. The average molecular weight is 331 g/mol. The van der Waals surface area contributed by atoms with Gasteiger partial charge in [-0.05, 0) is 51.3 Å². The lowest BCUT2D eigenvalue weighted by Gasteiger charge is -2.20. The predicted molar refractivity (Wildman–Crippen MR) is 96.8 cm³/mol. The van der Waals surface area contributed by atoms with Gasteiger partial charge in [-0.25, -0.2) is 0 Å². The van der Waals surface area contributed by atoms with E-state index < -0.39 is 0 Å². The van der Waals surface area contributed by atoms with E-state index in [9.17, 15) is 4.79 Å². The fourth-order valence-corrected chi connectivity index (χ4v) is 3.60. The van der Waals surface area contributed by atoms with Gasteiger partial charge in [-0.3, -0.25) is 9.69 Å². The molecule has 1 amide bonds. The lowest BCUT2D eigenvalue weighted by molar-refractivity contribution is 0.0827. The fourth-order valence-electron chi connectivity index (χ4n) is 3.60. The number of hydrogen-bond donors (Lipinski definition) is 1. The van der Waals surface area contributed by atoms with Crippen molar-refractivity contribution in [1.82, 2.24) is 9.80 Å². The van der Waals surface area contributed by atoms with Gasteiger partial charge < -0.3 is 15.0 Å². The normalized spacial score (nSPS) is 24.0. The number of carbonyl (C=O) groups excluding carboxylic acids is 1. The van der Waals surface area contributed by atoms with E-state index in [1.165, 1.54) is 12.8 Å². The highest BCUT2D eigenvalue weighted by Crippen LogP contribution is 2.35. The molecule has 1 aromatic rings. The van der Waals surface area contributed by atoms with Crippen molar-refractivity contribution >= 4 is 11.6 Å². The maximum Gasteiger partial charge on any atom is 0.253 e. The van der Waals surface area contributed by atoms with E-state index in [4.69, 9.17) is 4.74 Å². The number of carbonyl (C=O) groups is 1. The molecule has 1 aliphatic carbocycles. The largest absolute Gasteiger partial charge is 0.492 e. The van der Waals surface area contributed by atoms with Gasteiger partial charge in [-0.15, -0.1) is 0 Å². The monoisotopic (exact) mass is 331 g/mol. The molecule has 0 radical (unpaired) electrons. The lowest BCUT2D eigenvalue weighted by Crippen LogP contribution is -2.31. The first-order chi connectivity index (χ1) is 11.5. The Morgan fingerprint density at radius 3 is 2.75 bits per heavy atom. The van der Waals surface area contributed by atoms with Crippen LogP contribution in [0.2, 0.25) is 0 Å². The summed E-state index contributed by atoms with van der Waals surface area (Å²) in [5.41, 5.74) is 1.65. The Balaban J connectivity index is 1.73. The summed E-state index contributed by atoms with van der Waals surface area (Å²) in [6.45, 7) is 5.97. The molecule has 24 heavy (non-hydrogen) atoms. The van der Waals surface area contributed by atoms with Crippen molar-refractivity contribution in [3.8, 4) is 5.75 Å². The summed E-state index contributed by atoms with van der Waals surface area (Å²) in [7, 11) is 3.53. The van der Waals surface area contributed by atoms with Crippen LogP contribution in [0.4, 0.5) is 5.69 Å². The molecular weight excluding hydrogens is 302 g/mol. The summed E-state index contributed by atoms with van der Waals surface area (Å²) in [5.74, 6) is 0.764. The van der Waals surface area contributed by atoms with Gasteiger partial charge in [0.05, 0.1) is 12.3 Å². The SMILES string of the molecule is CCOc1cc(C(=O)N(C)C)ccc1N[C@H]1C[C@H](C)N(C2CC2)C1. The smallest absolute Gasteiger partial charge is 0.253 e. The van der Waals surface area contributed by atoms with E-state index in [-0.39, 0.29) is 5.91 Å². The van der Waals surface area contributed by atoms with Crippen LogP contribution in [-0.2, 0) is 0 Å². The molecule has 2 fully saturated rings. The Bertz CT molecular complexity index is 598. The number of benzene rings is 1. The summed E-state index contributed by atoms with van der Waals surface area (Å²) in [6, 6.07) is 7.59. The zero-order chi connectivity index (χ0) is 17.3. The van der Waals surface area contributed by atoms with Gasteiger partial charge in [-0.1, -0.05) is 0 Å². The molecule has 2 atom stereocenters. The molecule has 0 aromatic heterocycles. The van der Waals surface area contributed by atoms with Gasteiger partial charge in [0, 0.05) is 44.3 Å². The standard InChI is InChI=1S/C19H29N3O2/c1-5-24-18-11-14(19(23)21(3)4)6-9-17(18)20-15-10-13(2)22(12-15)16-7-8-16/h6,9,11,13,15-16,20H,5,7-8,10,12H2,1-4H3/t13-,15-/m0/s1. The van der Waals surface area contributed by atoms with Gasteiger partial charge in [0.2, 0.25) is 0 Å². The van der Waals surface area contributed by atoms with Crippen LogP contribution in [0.25, 0.3) is 0 Å². The van der Waals surface area contributed by atoms with Crippen molar-refractivity contribution < 1.29 is 9.53 Å². The molecule has 0 bridgehead atoms. The van der Waals surface area contributed by atoms with Crippen molar-refractivity contribution in [3.05, 3.63) is 23.8 Å². The number of rotatable bonds is 6. The molecule has 1 heterocycles. The zero-order valence-electron chi connectivity index (χ0n) is 15.2. The summed E-state index contributed by atoms with van der Waals surface area (Å²) >= 11 is 0. The number of amides is 1. The number of likely N-dealkylation sites (tertiary alicyclic amines) is 1. The molecule has 1 aliphatic heterocycles. The van der Waals surface area contributed by atoms with Crippen LogP contribution < -0.4 is 10.1 Å². The van der Waals surface area contributed by atoms with Gasteiger partial charge in [0.15, 0.2) is 0 Å². The van der Waals surface area contributed by atoms with Gasteiger partial charge in [-0.2, -0.15) is 0 Å². The second-order valence-corrected chi connectivity index (χ2v) is 7.20. The molecular formula is C19H29N3O2. The quantitative estimate of drug-likeness (QED) is 0.871. The Morgan fingerprint density at radius 2 is 2.12 bits per heavy atom. The minimum absolute atomic E-state index is 0.00287. The van der Waals surface area contributed by atoms with Crippen molar-refractivity contribution in [2.24, 2.45) is 0 Å². The molecule has 1 N–H and O–H groups in total. The highest BCUT2D eigenvalue weighted by atomic mass is 16.5. The third kappa shape index (κ3) is 3.66. The third-order valence-corrected chi connectivity index (χ3v) is 4.93. The number of anilines is 1. The van der Waals surface area contributed by atoms with Crippen LogP contribution in [-0.4, -0.2) is 61.1 Å². The van der Waals surface area contributed by atoms with Crippen molar-refractivity contribution in [1.29, 1.82) is 0 Å². The van der Waals surface area contributed by atoms with Crippen molar-refractivity contribution in [3.63, 3.8) is 0 Å². The Hall–Kier alpha value is -1.75. The molecule has 1 aromatic carbocycles. The molecule has 3 rings (SSSR count). The zero-order valence-corrected chi connectivity index (χ0v) is 15.2. The van der Waals surface area contributed by atoms with E-state index >= 15 is 0 Å². The van der Waals surface area contributed by atoms with E-state index in [0.29, 0.717) is 24.3 Å². The summed E-state index contributed by atoms with van der Waals surface area (Å²) < 4.78 is 5.78. The minimum Gasteiger partial charge on any atom is -0.492 e. The van der Waals surface area contributed by atoms with Crippen molar-refractivity contribution in [2.75, 3.05) is 32.6 Å². The first-order valence-corrected chi connectivity index (χ1v) is 9.00. The molecule has 5 nitrogen and oxygen atoms in total. The molecule has 1 saturated heterocycles. The van der Waals surface area contributed by atoms with E-state index in [0.717, 1.165) is 30.4 Å². The summed E-state index contributed by atoms with van der Waals surface area (Å²) in [6.07, 6.45) is 3.85. The van der Waals surface area contributed by atoms with Gasteiger partial charge in [0.1, 0.15) is 5.75 Å². The van der Waals surface area contributed by atoms with Gasteiger partial charge in [0.25, 0.3) is 5.91 Å². The molecule has 0 unspecified atom stereocenters. The molecule has 1 saturated carbocycles. The second-order valence-electron chi connectivity index (χ2n) is 7.20. The highest BCUT2D eigenvalue weighted by Gasteiger charge is 2.38. The van der Waals surface area contributed by atoms with Crippen LogP contribution >= 0.6 is 0 Å². The first-order valence-electron chi connectivity index (χ1n) is 9.00. The number of ether oxygens (including phenoxy) is 1. The first kappa shape index (κ1) is 17.1. The summed E-state index contributed by atoms with van der Waals surface area (Å²) in [5, 5.41) is 3.64. The summed E-state index contributed by atoms with van der Waals surface area (Å²) in [4.78, 5) is 16.4. The molecule has 5 heteroatoms. The highest BCUT2D eigenvalue weighted by molar-refractivity contribution is 5.95.